The van der Waals surface area contributed by atoms with Gasteiger partial charge in [-0.2, -0.15) is 0 Å². The van der Waals surface area contributed by atoms with E-state index >= 15 is 0 Å². The molecule has 0 atom stereocenters. The van der Waals surface area contributed by atoms with Crippen molar-refractivity contribution in [2.45, 2.75) is 17.7 Å². The molecule has 0 saturated heterocycles. The molecule has 1 aromatic rings. The van der Waals surface area contributed by atoms with Crippen LogP contribution in [-0.4, -0.2) is 19.9 Å². The summed E-state index contributed by atoms with van der Waals surface area (Å²) in [6.07, 6.45) is 8.82. The molecule has 0 aliphatic carbocycles. The Morgan fingerprint density at radius 3 is 2.94 bits per heavy atom. The highest BCUT2D eigenvalue weighted by atomic mass is 35.5. The van der Waals surface area contributed by atoms with Gasteiger partial charge in [0.15, 0.2) is 0 Å². The molecule has 0 aliphatic heterocycles. The largest absolute Gasteiger partial charge is 0.263 e. The topological polar surface area (TPSA) is 59.1 Å². The number of rotatable bonds is 5. The third-order valence-electron chi connectivity index (χ3n) is 1.81. The van der Waals surface area contributed by atoms with Gasteiger partial charge >= 0.3 is 0 Å². The lowest BCUT2D eigenvalue weighted by Gasteiger charge is -2.06. The van der Waals surface area contributed by atoms with Crippen LogP contribution in [0.4, 0.5) is 0 Å². The first kappa shape index (κ1) is 13.0. The van der Waals surface area contributed by atoms with Gasteiger partial charge in [-0.1, -0.05) is 11.6 Å². The van der Waals surface area contributed by atoms with Crippen molar-refractivity contribution >= 4 is 21.6 Å². The Kier molecular flexibility index (Phi) is 4.74. The van der Waals surface area contributed by atoms with E-state index in [9.17, 15) is 8.42 Å². The first-order valence-corrected chi connectivity index (χ1v) is 6.46. The summed E-state index contributed by atoms with van der Waals surface area (Å²) < 4.78 is 25.9. The summed E-state index contributed by atoms with van der Waals surface area (Å²) in [6.45, 7) is 0.289. The zero-order chi connectivity index (χ0) is 12.0. The molecule has 0 aromatic carbocycles. The number of sulfonamides is 1. The van der Waals surface area contributed by atoms with Gasteiger partial charge in [0.25, 0.3) is 0 Å². The van der Waals surface area contributed by atoms with E-state index in [0.717, 1.165) is 0 Å². The molecule has 86 valence electrons. The normalized spacial score (nSPS) is 11.0. The van der Waals surface area contributed by atoms with Gasteiger partial charge in [-0.3, -0.25) is 4.98 Å². The second-order valence-corrected chi connectivity index (χ2v) is 5.15. The van der Waals surface area contributed by atoms with Gasteiger partial charge in [0.05, 0.1) is 5.02 Å². The summed E-state index contributed by atoms with van der Waals surface area (Å²) in [4.78, 5) is 3.70. The molecule has 0 amide bonds. The molecule has 1 aromatic heterocycles. The molecule has 6 heteroatoms. The third kappa shape index (κ3) is 3.49. The Balaban J connectivity index is 2.72. The highest BCUT2D eigenvalue weighted by Gasteiger charge is 2.16. The zero-order valence-corrected chi connectivity index (χ0v) is 10.1. The summed E-state index contributed by atoms with van der Waals surface area (Å²) in [5.74, 6) is 2.43. The van der Waals surface area contributed by atoms with E-state index in [4.69, 9.17) is 18.0 Å². The average Bonchev–Trinajstić information content (AvgIpc) is 2.25. The molecule has 0 radical (unpaired) electrons. The standard InChI is InChI=1S/C10H11ClN2O2S/c1-2-3-4-6-13-16(14,15)10-8-12-7-5-9(10)11/h1,5,7-8,13H,3-4,6H2. The van der Waals surface area contributed by atoms with Crippen LogP contribution in [0.25, 0.3) is 0 Å². The summed E-state index contributed by atoms with van der Waals surface area (Å²) in [5.41, 5.74) is 0. The minimum absolute atomic E-state index is 0.0163. The predicted molar refractivity (Wildman–Crippen MR) is 62.5 cm³/mol. The number of hydrogen-bond donors (Lipinski definition) is 1. The van der Waals surface area contributed by atoms with Gasteiger partial charge in [-0.15, -0.1) is 12.3 Å². The molecule has 1 rings (SSSR count). The number of halogens is 1. The quantitative estimate of drug-likeness (QED) is 0.642. The molecule has 4 nitrogen and oxygen atoms in total. The zero-order valence-electron chi connectivity index (χ0n) is 8.48. The summed E-state index contributed by atoms with van der Waals surface area (Å²) in [5, 5.41) is 0.152. The summed E-state index contributed by atoms with van der Waals surface area (Å²) in [6, 6.07) is 1.43. The van der Waals surface area contributed by atoms with Crippen LogP contribution in [0.1, 0.15) is 12.8 Å². The van der Waals surface area contributed by atoms with Crippen LogP contribution in [0.3, 0.4) is 0 Å². The first-order valence-electron chi connectivity index (χ1n) is 4.60. The van der Waals surface area contributed by atoms with Crippen LogP contribution >= 0.6 is 11.6 Å². The molecule has 0 aliphatic rings. The number of unbranched alkanes of at least 4 members (excludes halogenated alkanes) is 1. The van der Waals surface area contributed by atoms with Crippen LogP contribution in [-0.2, 0) is 10.0 Å². The monoisotopic (exact) mass is 258 g/mol. The van der Waals surface area contributed by atoms with E-state index in [1.165, 1.54) is 18.5 Å². The maximum absolute atomic E-state index is 11.7. The van der Waals surface area contributed by atoms with E-state index < -0.39 is 10.0 Å². The number of aromatic nitrogens is 1. The Hall–Kier alpha value is -1.09. The Bertz CT molecular complexity index is 494. The second-order valence-electron chi connectivity index (χ2n) is 3.01. The lowest BCUT2D eigenvalue weighted by Crippen LogP contribution is -2.25. The van der Waals surface area contributed by atoms with Crippen molar-refractivity contribution in [2.24, 2.45) is 0 Å². The molecular weight excluding hydrogens is 248 g/mol. The van der Waals surface area contributed by atoms with Crippen molar-refractivity contribution in [3.63, 3.8) is 0 Å². The van der Waals surface area contributed by atoms with E-state index in [1.807, 2.05) is 0 Å². The Morgan fingerprint density at radius 1 is 1.56 bits per heavy atom. The molecule has 0 spiro atoms. The highest BCUT2D eigenvalue weighted by Crippen LogP contribution is 2.18. The van der Waals surface area contributed by atoms with Gasteiger partial charge < -0.3 is 0 Å². The smallest absolute Gasteiger partial charge is 0.243 e. The lowest BCUT2D eigenvalue weighted by molar-refractivity contribution is 0.579. The molecule has 1 heterocycles. The van der Waals surface area contributed by atoms with E-state index in [0.29, 0.717) is 12.8 Å². The Labute approximate surface area is 100 Å². The third-order valence-corrected chi connectivity index (χ3v) is 3.74. The minimum atomic E-state index is -3.58. The van der Waals surface area contributed by atoms with E-state index in [2.05, 4.69) is 15.6 Å². The molecule has 0 bridgehead atoms. The van der Waals surface area contributed by atoms with Crippen LogP contribution in [0, 0.1) is 12.3 Å². The number of nitrogens with one attached hydrogen (secondary N) is 1. The molecule has 16 heavy (non-hydrogen) atoms. The maximum Gasteiger partial charge on any atom is 0.243 e. The maximum atomic E-state index is 11.7. The number of nitrogens with zero attached hydrogens (tertiary/aromatic N) is 1. The minimum Gasteiger partial charge on any atom is -0.263 e. The molecular formula is C10H11ClN2O2S. The van der Waals surface area contributed by atoms with Gasteiger partial charge in [-0.05, 0) is 12.5 Å². The van der Waals surface area contributed by atoms with Crippen LogP contribution < -0.4 is 4.72 Å². The molecule has 1 N–H and O–H groups in total. The van der Waals surface area contributed by atoms with E-state index in [1.54, 1.807) is 0 Å². The fourth-order valence-corrected chi connectivity index (χ4v) is 2.54. The van der Waals surface area contributed by atoms with Crippen molar-refractivity contribution in [3.8, 4) is 12.3 Å². The van der Waals surface area contributed by atoms with Crippen molar-refractivity contribution in [1.82, 2.24) is 9.71 Å². The number of pyridine rings is 1. The SMILES string of the molecule is C#CCCCNS(=O)(=O)c1cnccc1Cl. The Morgan fingerprint density at radius 2 is 2.31 bits per heavy atom. The van der Waals surface area contributed by atoms with Crippen LogP contribution in [0.2, 0.25) is 5.02 Å². The van der Waals surface area contributed by atoms with E-state index in [-0.39, 0.29) is 16.5 Å². The van der Waals surface area contributed by atoms with Crippen molar-refractivity contribution in [2.75, 3.05) is 6.54 Å². The molecule has 0 fully saturated rings. The predicted octanol–water partition coefficient (Wildman–Crippen LogP) is 1.43. The van der Waals surface area contributed by atoms with Gasteiger partial charge in [-0.25, -0.2) is 13.1 Å². The fourth-order valence-electron chi connectivity index (χ4n) is 1.04. The molecule has 0 saturated carbocycles. The summed E-state index contributed by atoms with van der Waals surface area (Å²) >= 11 is 5.76. The van der Waals surface area contributed by atoms with Crippen molar-refractivity contribution < 1.29 is 8.42 Å². The number of hydrogen-bond acceptors (Lipinski definition) is 3. The highest BCUT2D eigenvalue weighted by molar-refractivity contribution is 7.89. The van der Waals surface area contributed by atoms with Gasteiger partial charge in [0.2, 0.25) is 10.0 Å². The van der Waals surface area contributed by atoms with Gasteiger partial charge in [0.1, 0.15) is 4.90 Å². The molecule has 0 unspecified atom stereocenters. The van der Waals surface area contributed by atoms with Crippen molar-refractivity contribution in [1.29, 1.82) is 0 Å². The number of terminal acetylenes is 1. The van der Waals surface area contributed by atoms with Gasteiger partial charge in [0, 0.05) is 25.4 Å². The summed E-state index contributed by atoms with van der Waals surface area (Å²) in [7, 11) is -3.58. The average molecular weight is 259 g/mol. The first-order chi connectivity index (χ1) is 7.58. The van der Waals surface area contributed by atoms with Crippen LogP contribution in [0.5, 0.6) is 0 Å². The second kappa shape index (κ2) is 5.85. The lowest BCUT2D eigenvalue weighted by atomic mass is 10.3. The van der Waals surface area contributed by atoms with Crippen LogP contribution in [0.15, 0.2) is 23.4 Å². The van der Waals surface area contributed by atoms with Crippen molar-refractivity contribution in [3.05, 3.63) is 23.5 Å². The fraction of sp³-hybridized carbons (Fsp3) is 0.300.